The van der Waals surface area contributed by atoms with Crippen LogP contribution in [0.2, 0.25) is 0 Å². The van der Waals surface area contributed by atoms with Crippen molar-refractivity contribution < 1.29 is 18.7 Å². The van der Waals surface area contributed by atoms with Gasteiger partial charge in [-0.1, -0.05) is 12.1 Å². The summed E-state index contributed by atoms with van der Waals surface area (Å²) in [6, 6.07) is 16.4. The Labute approximate surface area is 150 Å². The van der Waals surface area contributed by atoms with E-state index in [4.69, 9.17) is 4.42 Å². The molecule has 0 aliphatic carbocycles. The van der Waals surface area contributed by atoms with Crippen molar-refractivity contribution in [1.82, 2.24) is 5.32 Å². The molecule has 3 N–H and O–H groups in total. The van der Waals surface area contributed by atoms with Gasteiger partial charge in [-0.25, -0.2) is 4.39 Å². The van der Waals surface area contributed by atoms with Crippen LogP contribution in [0.1, 0.15) is 22.2 Å². The van der Waals surface area contributed by atoms with Gasteiger partial charge in [0.15, 0.2) is 0 Å². The van der Waals surface area contributed by atoms with Crippen LogP contribution in [-0.2, 0) is 0 Å². The maximum Gasteiger partial charge on any atom is 0.251 e. The van der Waals surface area contributed by atoms with Crippen molar-refractivity contribution in [2.45, 2.75) is 6.10 Å². The van der Waals surface area contributed by atoms with Gasteiger partial charge in [-0.2, -0.15) is 0 Å². The minimum Gasteiger partial charge on any atom is -0.458 e. The number of halogens is 1. The van der Waals surface area contributed by atoms with E-state index < -0.39 is 6.10 Å². The van der Waals surface area contributed by atoms with E-state index in [1.54, 1.807) is 49.5 Å². The van der Waals surface area contributed by atoms with Gasteiger partial charge in [-0.05, 0) is 48.5 Å². The Morgan fingerprint density at radius 1 is 1.15 bits per heavy atom. The number of rotatable bonds is 6. The Kier molecular flexibility index (Phi) is 5.34. The third kappa shape index (κ3) is 4.10. The maximum absolute atomic E-state index is 12.9. The van der Waals surface area contributed by atoms with Crippen LogP contribution in [-0.4, -0.2) is 24.6 Å². The highest BCUT2D eigenvalue weighted by Crippen LogP contribution is 2.26. The van der Waals surface area contributed by atoms with Crippen LogP contribution >= 0.6 is 0 Å². The first-order chi connectivity index (χ1) is 12.6. The molecule has 5 nitrogen and oxygen atoms in total. The van der Waals surface area contributed by atoms with Crippen molar-refractivity contribution in [3.8, 4) is 11.3 Å². The lowest BCUT2D eigenvalue weighted by Crippen LogP contribution is -2.17. The first kappa shape index (κ1) is 17.7. The number of anilines is 1. The second-order valence-electron chi connectivity index (χ2n) is 5.77. The van der Waals surface area contributed by atoms with E-state index in [9.17, 15) is 14.3 Å². The minimum absolute atomic E-state index is 0.179. The molecule has 134 valence electrons. The highest BCUT2D eigenvalue weighted by atomic mass is 19.1. The largest absolute Gasteiger partial charge is 0.458 e. The third-order valence-electron chi connectivity index (χ3n) is 3.94. The van der Waals surface area contributed by atoms with Gasteiger partial charge in [0.25, 0.3) is 5.91 Å². The van der Waals surface area contributed by atoms with Gasteiger partial charge in [-0.15, -0.1) is 0 Å². The van der Waals surface area contributed by atoms with Crippen molar-refractivity contribution in [1.29, 1.82) is 0 Å². The molecule has 0 aliphatic heterocycles. The van der Waals surface area contributed by atoms with Crippen LogP contribution in [0.3, 0.4) is 0 Å². The van der Waals surface area contributed by atoms with Gasteiger partial charge in [-0.3, -0.25) is 4.79 Å². The van der Waals surface area contributed by atoms with Crippen LogP contribution < -0.4 is 10.6 Å². The molecule has 3 rings (SSSR count). The average molecular weight is 354 g/mol. The molecule has 6 heteroatoms. The number of amides is 1. The summed E-state index contributed by atoms with van der Waals surface area (Å²) in [7, 11) is 1.57. The van der Waals surface area contributed by atoms with Crippen LogP contribution in [0.25, 0.3) is 11.3 Å². The van der Waals surface area contributed by atoms with E-state index in [0.717, 1.165) is 5.56 Å². The number of carbonyl (C=O) groups is 1. The summed E-state index contributed by atoms with van der Waals surface area (Å²) in [5, 5.41) is 15.9. The molecule has 2 aromatic carbocycles. The molecule has 1 unspecified atom stereocenters. The molecule has 0 fully saturated rings. The lowest BCUT2D eigenvalue weighted by molar-refractivity contribution is 0.0963. The number of aliphatic hydroxyl groups is 1. The zero-order chi connectivity index (χ0) is 18.5. The summed E-state index contributed by atoms with van der Waals surface area (Å²) in [6.45, 7) is 0.219. The molecule has 1 atom stereocenters. The van der Waals surface area contributed by atoms with Crippen molar-refractivity contribution in [2.24, 2.45) is 0 Å². The third-order valence-corrected chi connectivity index (χ3v) is 3.94. The van der Waals surface area contributed by atoms with Gasteiger partial charge in [0, 0.05) is 30.4 Å². The summed E-state index contributed by atoms with van der Waals surface area (Å²) < 4.78 is 18.6. The Morgan fingerprint density at radius 3 is 2.65 bits per heavy atom. The molecule has 0 spiro atoms. The molecule has 3 aromatic rings. The number of aliphatic hydroxyl groups excluding tert-OH is 1. The molecule has 0 radical (unpaired) electrons. The number of hydrogen-bond donors (Lipinski definition) is 3. The molecule has 1 aromatic heterocycles. The van der Waals surface area contributed by atoms with Gasteiger partial charge in [0.05, 0.1) is 0 Å². The quantitative estimate of drug-likeness (QED) is 0.632. The summed E-state index contributed by atoms with van der Waals surface area (Å²) in [6.07, 6.45) is -0.865. The SMILES string of the molecule is CNC(=O)c1cccc(-c2ccc(C(O)CNc3ccc(F)cc3)o2)c1. The average Bonchev–Trinajstić information content (AvgIpc) is 3.17. The monoisotopic (exact) mass is 354 g/mol. The lowest BCUT2D eigenvalue weighted by Gasteiger charge is -2.10. The first-order valence-corrected chi connectivity index (χ1v) is 8.16. The predicted molar refractivity (Wildman–Crippen MR) is 97.4 cm³/mol. The Hall–Kier alpha value is -3.12. The highest BCUT2D eigenvalue weighted by Gasteiger charge is 2.14. The Bertz CT molecular complexity index is 890. The molecule has 26 heavy (non-hydrogen) atoms. The van der Waals surface area contributed by atoms with Crippen LogP contribution in [0.5, 0.6) is 0 Å². The molecule has 1 heterocycles. The maximum atomic E-state index is 12.9. The summed E-state index contributed by atoms with van der Waals surface area (Å²) in [5.74, 6) is 0.472. The normalized spacial score (nSPS) is 11.8. The molecule has 0 aliphatic rings. The van der Waals surface area contributed by atoms with Crippen molar-refractivity contribution in [3.63, 3.8) is 0 Å². The summed E-state index contributed by atoms with van der Waals surface area (Å²) in [4.78, 5) is 11.7. The van der Waals surface area contributed by atoms with E-state index in [2.05, 4.69) is 10.6 Å². The fourth-order valence-electron chi connectivity index (χ4n) is 2.53. The van der Waals surface area contributed by atoms with E-state index in [0.29, 0.717) is 22.8 Å². The van der Waals surface area contributed by atoms with E-state index in [1.807, 2.05) is 6.07 Å². The standard InChI is InChI=1S/C20H19FN2O3/c1-22-20(25)14-4-2-3-13(11-14)18-9-10-19(26-18)17(24)12-23-16-7-5-15(21)6-8-16/h2-11,17,23-24H,12H2,1H3,(H,22,25). The van der Waals surface area contributed by atoms with Gasteiger partial charge < -0.3 is 20.2 Å². The molecule has 0 bridgehead atoms. The number of hydrogen-bond acceptors (Lipinski definition) is 4. The van der Waals surface area contributed by atoms with Gasteiger partial charge in [0.2, 0.25) is 0 Å². The van der Waals surface area contributed by atoms with Crippen molar-refractivity contribution in [3.05, 3.63) is 77.8 Å². The van der Waals surface area contributed by atoms with E-state index in [-0.39, 0.29) is 18.3 Å². The van der Waals surface area contributed by atoms with Gasteiger partial charge >= 0.3 is 0 Å². The van der Waals surface area contributed by atoms with E-state index in [1.165, 1.54) is 12.1 Å². The molecular weight excluding hydrogens is 335 g/mol. The first-order valence-electron chi connectivity index (χ1n) is 8.16. The molecule has 1 amide bonds. The molecule has 0 saturated carbocycles. The number of furan rings is 1. The summed E-state index contributed by atoms with van der Waals surface area (Å²) >= 11 is 0. The second-order valence-corrected chi connectivity index (χ2v) is 5.77. The fraction of sp³-hybridized carbons (Fsp3) is 0.150. The van der Waals surface area contributed by atoms with Gasteiger partial charge in [0.1, 0.15) is 23.4 Å². The predicted octanol–water partition coefficient (Wildman–Crippen LogP) is 3.59. The Morgan fingerprint density at radius 2 is 1.92 bits per heavy atom. The number of carbonyl (C=O) groups excluding carboxylic acids is 1. The van der Waals surface area contributed by atoms with Crippen molar-refractivity contribution >= 4 is 11.6 Å². The number of benzene rings is 2. The van der Waals surface area contributed by atoms with Crippen LogP contribution in [0, 0.1) is 5.82 Å². The van der Waals surface area contributed by atoms with Crippen LogP contribution in [0.4, 0.5) is 10.1 Å². The zero-order valence-corrected chi connectivity index (χ0v) is 14.2. The number of nitrogens with one attached hydrogen (secondary N) is 2. The fourth-order valence-corrected chi connectivity index (χ4v) is 2.53. The molecular formula is C20H19FN2O3. The highest BCUT2D eigenvalue weighted by molar-refractivity contribution is 5.95. The lowest BCUT2D eigenvalue weighted by atomic mass is 10.1. The van der Waals surface area contributed by atoms with E-state index >= 15 is 0 Å². The summed E-state index contributed by atoms with van der Waals surface area (Å²) in [5.41, 5.74) is 1.98. The topological polar surface area (TPSA) is 74.5 Å². The smallest absolute Gasteiger partial charge is 0.251 e. The van der Waals surface area contributed by atoms with Crippen molar-refractivity contribution in [2.75, 3.05) is 18.9 Å². The molecule has 0 saturated heterocycles. The Balaban J connectivity index is 1.69. The second kappa shape index (κ2) is 7.84. The van der Waals surface area contributed by atoms with Crippen LogP contribution in [0.15, 0.2) is 65.1 Å². The zero-order valence-electron chi connectivity index (χ0n) is 14.2. The minimum atomic E-state index is -0.865.